The van der Waals surface area contributed by atoms with Gasteiger partial charge in [-0.2, -0.15) is 5.10 Å². The van der Waals surface area contributed by atoms with Crippen molar-refractivity contribution >= 4 is 11.9 Å². The minimum Gasteiger partial charge on any atom is -0.341 e. The number of anilines is 1. The van der Waals surface area contributed by atoms with Crippen LogP contribution in [0.4, 0.5) is 5.95 Å². The summed E-state index contributed by atoms with van der Waals surface area (Å²) in [5, 5.41) is 7.49. The number of benzene rings is 1. The van der Waals surface area contributed by atoms with Crippen LogP contribution in [0.3, 0.4) is 0 Å². The van der Waals surface area contributed by atoms with Gasteiger partial charge < -0.3 is 9.80 Å². The van der Waals surface area contributed by atoms with Crippen molar-refractivity contribution in [3.8, 4) is 11.3 Å². The fraction of sp³-hybridized carbons (Fsp3) is 0.417. The summed E-state index contributed by atoms with van der Waals surface area (Å²) in [6.07, 6.45) is 8.36. The summed E-state index contributed by atoms with van der Waals surface area (Å²) in [7, 11) is 0. The van der Waals surface area contributed by atoms with Gasteiger partial charge in [0.2, 0.25) is 11.9 Å². The molecule has 0 saturated carbocycles. The van der Waals surface area contributed by atoms with Gasteiger partial charge in [0, 0.05) is 31.4 Å². The maximum absolute atomic E-state index is 13.1. The number of nitrogens with zero attached hydrogens (tertiary/aromatic N) is 5. The first-order chi connectivity index (χ1) is 15.2. The third-order valence-electron chi connectivity index (χ3n) is 6.36. The molecule has 3 aromatic rings. The smallest absolute Gasteiger partial charge is 0.227 e. The molecule has 2 saturated heterocycles. The standard InChI is InChI=1S/C24H28N6O/c1-17-6-8-18(9-7-17)15-22(31)30-14-4-5-21(30)23-19(16-26-28-23)20-10-11-25-24(27-20)29-12-2-3-13-29/h6-11,16,21H,2-5,12-15H2,1H3,(H,26,28)/t21-/m1/s1. The largest absolute Gasteiger partial charge is 0.341 e. The quantitative estimate of drug-likeness (QED) is 0.686. The Morgan fingerprint density at radius 3 is 2.71 bits per heavy atom. The Morgan fingerprint density at radius 1 is 1.10 bits per heavy atom. The van der Waals surface area contributed by atoms with Crippen LogP contribution in [-0.2, 0) is 11.2 Å². The molecule has 1 atom stereocenters. The summed E-state index contributed by atoms with van der Waals surface area (Å²) in [5.74, 6) is 0.938. The van der Waals surface area contributed by atoms with Crippen molar-refractivity contribution in [1.29, 1.82) is 0 Å². The maximum atomic E-state index is 13.1. The summed E-state index contributed by atoms with van der Waals surface area (Å²) < 4.78 is 0. The van der Waals surface area contributed by atoms with Crippen molar-refractivity contribution in [3.05, 3.63) is 59.5 Å². The molecule has 0 bridgehead atoms. The zero-order valence-corrected chi connectivity index (χ0v) is 17.9. The van der Waals surface area contributed by atoms with E-state index in [-0.39, 0.29) is 11.9 Å². The molecule has 7 nitrogen and oxygen atoms in total. The molecule has 4 heterocycles. The highest BCUT2D eigenvalue weighted by molar-refractivity contribution is 5.80. The molecule has 1 aromatic carbocycles. The van der Waals surface area contributed by atoms with E-state index in [4.69, 9.17) is 4.98 Å². The fourth-order valence-corrected chi connectivity index (χ4v) is 4.67. The number of hydrogen-bond donors (Lipinski definition) is 1. The molecular formula is C24H28N6O. The monoisotopic (exact) mass is 416 g/mol. The molecule has 160 valence electrons. The Bertz CT molecular complexity index is 1050. The van der Waals surface area contributed by atoms with Crippen molar-refractivity contribution in [3.63, 3.8) is 0 Å². The lowest BCUT2D eigenvalue weighted by Crippen LogP contribution is -2.32. The van der Waals surface area contributed by atoms with E-state index in [0.717, 1.165) is 60.9 Å². The van der Waals surface area contributed by atoms with Crippen molar-refractivity contribution in [2.24, 2.45) is 0 Å². The highest BCUT2D eigenvalue weighted by atomic mass is 16.2. The number of aromatic nitrogens is 4. The number of likely N-dealkylation sites (tertiary alicyclic amines) is 1. The van der Waals surface area contributed by atoms with Gasteiger partial charge in [0.05, 0.1) is 30.0 Å². The van der Waals surface area contributed by atoms with E-state index in [1.165, 1.54) is 18.4 Å². The number of H-pyrrole nitrogens is 1. The van der Waals surface area contributed by atoms with E-state index in [1.807, 2.05) is 35.5 Å². The molecule has 0 radical (unpaired) electrons. The number of hydrogen-bond acceptors (Lipinski definition) is 5. The number of nitrogens with one attached hydrogen (secondary N) is 1. The van der Waals surface area contributed by atoms with Gasteiger partial charge in [-0.25, -0.2) is 9.97 Å². The second-order valence-electron chi connectivity index (χ2n) is 8.54. The molecule has 0 spiro atoms. The summed E-state index contributed by atoms with van der Waals surface area (Å²) in [4.78, 5) is 26.7. The van der Waals surface area contributed by atoms with Crippen LogP contribution in [-0.4, -0.2) is 50.6 Å². The number of aromatic amines is 1. The lowest BCUT2D eigenvalue weighted by molar-refractivity contribution is -0.131. The van der Waals surface area contributed by atoms with E-state index in [9.17, 15) is 4.79 Å². The molecule has 1 amide bonds. The zero-order valence-electron chi connectivity index (χ0n) is 17.9. The second kappa shape index (κ2) is 8.49. The van der Waals surface area contributed by atoms with Gasteiger partial charge in [0.1, 0.15) is 0 Å². The molecule has 2 aliphatic rings. The summed E-state index contributed by atoms with van der Waals surface area (Å²) in [5.41, 5.74) is 5.05. The summed E-state index contributed by atoms with van der Waals surface area (Å²) in [6, 6.07) is 10.1. The van der Waals surface area contributed by atoms with E-state index < -0.39 is 0 Å². The first-order valence-electron chi connectivity index (χ1n) is 11.2. The molecule has 7 heteroatoms. The van der Waals surface area contributed by atoms with E-state index in [1.54, 1.807) is 0 Å². The Hall–Kier alpha value is -3.22. The van der Waals surface area contributed by atoms with Gasteiger partial charge in [0.25, 0.3) is 0 Å². The third-order valence-corrected chi connectivity index (χ3v) is 6.36. The Balaban J connectivity index is 1.38. The van der Waals surface area contributed by atoms with Gasteiger partial charge in [-0.3, -0.25) is 9.89 Å². The molecule has 0 aliphatic carbocycles. The fourth-order valence-electron chi connectivity index (χ4n) is 4.67. The van der Waals surface area contributed by atoms with Crippen LogP contribution in [0.1, 0.15) is 48.5 Å². The normalized spacial score (nSPS) is 18.7. The maximum Gasteiger partial charge on any atom is 0.227 e. The van der Waals surface area contributed by atoms with E-state index >= 15 is 0 Å². The minimum absolute atomic E-state index is 0.000602. The minimum atomic E-state index is 0.000602. The predicted molar refractivity (Wildman–Crippen MR) is 120 cm³/mol. The first-order valence-corrected chi connectivity index (χ1v) is 11.2. The van der Waals surface area contributed by atoms with Crippen LogP contribution >= 0.6 is 0 Å². The van der Waals surface area contributed by atoms with Gasteiger partial charge in [0.15, 0.2) is 0 Å². The predicted octanol–water partition coefficient (Wildman–Crippen LogP) is 3.68. The van der Waals surface area contributed by atoms with Gasteiger partial charge >= 0.3 is 0 Å². The lowest BCUT2D eigenvalue weighted by atomic mass is 10.0. The van der Waals surface area contributed by atoms with Crippen LogP contribution in [0.2, 0.25) is 0 Å². The first kappa shape index (κ1) is 19.7. The van der Waals surface area contributed by atoms with E-state index in [0.29, 0.717) is 6.42 Å². The number of amides is 1. The zero-order chi connectivity index (χ0) is 21.2. The van der Waals surface area contributed by atoms with Gasteiger partial charge in [-0.05, 0) is 44.2 Å². The SMILES string of the molecule is Cc1ccc(CC(=O)N2CCC[C@@H]2c2[nH]ncc2-c2ccnc(N3CCCC3)n2)cc1. The molecule has 2 aliphatic heterocycles. The topological polar surface area (TPSA) is 78.0 Å². The average molecular weight is 417 g/mol. The summed E-state index contributed by atoms with van der Waals surface area (Å²) in [6.45, 7) is 4.85. The third kappa shape index (κ3) is 4.04. The number of aryl methyl sites for hydroxylation is 1. The average Bonchev–Trinajstić information content (AvgIpc) is 3.56. The Morgan fingerprint density at radius 2 is 1.90 bits per heavy atom. The van der Waals surface area contributed by atoms with Crippen LogP contribution in [0.25, 0.3) is 11.3 Å². The van der Waals surface area contributed by atoms with Crippen molar-refractivity contribution in [2.75, 3.05) is 24.5 Å². The van der Waals surface area contributed by atoms with Gasteiger partial charge in [-0.1, -0.05) is 29.8 Å². The van der Waals surface area contributed by atoms with Crippen LogP contribution < -0.4 is 4.90 Å². The molecular weight excluding hydrogens is 388 g/mol. The van der Waals surface area contributed by atoms with Crippen LogP contribution in [0.5, 0.6) is 0 Å². The van der Waals surface area contributed by atoms with E-state index in [2.05, 4.69) is 39.1 Å². The van der Waals surface area contributed by atoms with Gasteiger partial charge in [-0.15, -0.1) is 0 Å². The van der Waals surface area contributed by atoms with Crippen LogP contribution in [0.15, 0.2) is 42.7 Å². The molecule has 2 fully saturated rings. The molecule has 2 aromatic heterocycles. The molecule has 1 N–H and O–H groups in total. The van der Waals surface area contributed by atoms with Crippen molar-refractivity contribution < 1.29 is 4.79 Å². The molecule has 5 rings (SSSR count). The lowest BCUT2D eigenvalue weighted by Gasteiger charge is -2.25. The van der Waals surface area contributed by atoms with Crippen molar-refractivity contribution in [1.82, 2.24) is 25.1 Å². The van der Waals surface area contributed by atoms with Crippen molar-refractivity contribution in [2.45, 2.75) is 45.1 Å². The number of carbonyl (C=O) groups is 1. The highest BCUT2D eigenvalue weighted by Gasteiger charge is 2.33. The number of rotatable bonds is 5. The van der Waals surface area contributed by atoms with Crippen LogP contribution in [0, 0.1) is 6.92 Å². The highest BCUT2D eigenvalue weighted by Crippen LogP contribution is 2.36. The Labute approximate surface area is 182 Å². The second-order valence-corrected chi connectivity index (χ2v) is 8.54. The number of carbonyl (C=O) groups excluding carboxylic acids is 1. The summed E-state index contributed by atoms with van der Waals surface area (Å²) >= 11 is 0. The Kier molecular flexibility index (Phi) is 5.40. The molecule has 0 unspecified atom stereocenters. The molecule has 31 heavy (non-hydrogen) atoms.